The van der Waals surface area contributed by atoms with Crippen molar-refractivity contribution in [1.82, 2.24) is 4.40 Å². The van der Waals surface area contributed by atoms with Gasteiger partial charge >= 0.3 is 7.60 Å². The number of benzene rings is 1. The summed E-state index contributed by atoms with van der Waals surface area (Å²) in [7, 11) is -3.37. The summed E-state index contributed by atoms with van der Waals surface area (Å²) < 4.78 is 25.5. The van der Waals surface area contributed by atoms with Gasteiger partial charge in [-0.25, -0.2) is 0 Å². The molecule has 0 unspecified atom stereocenters. The highest BCUT2D eigenvalue weighted by Gasteiger charge is 2.27. The third kappa shape index (κ3) is 3.76. The fraction of sp³-hybridized carbons (Fsp3) is 0.211. The van der Waals surface area contributed by atoms with Crippen LogP contribution in [-0.2, 0) is 13.6 Å². The summed E-state index contributed by atoms with van der Waals surface area (Å²) in [5, 5.41) is 1.05. The number of aromatic nitrogens is 1. The van der Waals surface area contributed by atoms with Gasteiger partial charge in [0.05, 0.1) is 18.5 Å². The Hall–Kier alpha value is -1.91. The van der Waals surface area contributed by atoms with Crippen molar-refractivity contribution in [3.05, 3.63) is 71.0 Å². The molecule has 0 bridgehead atoms. The first-order valence-corrected chi connectivity index (χ1v) is 10.2. The lowest BCUT2D eigenvalue weighted by molar-refractivity contribution is 0.103. The zero-order chi connectivity index (χ0) is 18.7. The molecule has 0 saturated carbocycles. The number of nitrogens with zero attached hydrogens (tertiary/aromatic N) is 1. The normalized spacial score (nSPS) is 11.8. The molecule has 0 spiro atoms. The summed E-state index contributed by atoms with van der Waals surface area (Å²) in [5.74, 6) is -0.107. The van der Waals surface area contributed by atoms with Gasteiger partial charge < -0.3 is 13.4 Å². The molecule has 0 atom stereocenters. The molecule has 0 aliphatic heterocycles. The van der Waals surface area contributed by atoms with E-state index in [1.54, 1.807) is 73.1 Å². The summed E-state index contributed by atoms with van der Waals surface area (Å²) in [5.41, 5.74) is 1.83. The fourth-order valence-corrected chi connectivity index (χ4v) is 4.40. The molecule has 0 fully saturated rings. The van der Waals surface area contributed by atoms with Crippen LogP contribution in [0.15, 0.2) is 54.9 Å². The summed E-state index contributed by atoms with van der Waals surface area (Å²) in [6.45, 7) is 4.10. The van der Waals surface area contributed by atoms with Gasteiger partial charge in [0.2, 0.25) is 0 Å². The van der Waals surface area contributed by atoms with Crippen molar-refractivity contribution in [3.63, 3.8) is 0 Å². The molecule has 2 aromatic heterocycles. The number of hydrogen-bond acceptors (Lipinski definition) is 4. The van der Waals surface area contributed by atoms with Crippen LogP contribution in [0.25, 0.3) is 5.52 Å². The predicted molar refractivity (Wildman–Crippen MR) is 103 cm³/mol. The average molecular weight is 392 g/mol. The monoisotopic (exact) mass is 391 g/mol. The van der Waals surface area contributed by atoms with Crippen molar-refractivity contribution >= 4 is 35.8 Å². The fourth-order valence-electron chi connectivity index (χ4n) is 2.69. The standard InChI is InChI=1S/C19H19ClNO4P/c1-3-24-26(23,25-4-2)18-9-10-21-13-15(11-17(21)12-18)19(22)14-5-7-16(20)8-6-14/h5-13H,3-4H2,1-2H3. The molecule has 136 valence electrons. The van der Waals surface area contributed by atoms with Crippen LogP contribution in [-0.4, -0.2) is 23.4 Å². The number of ketones is 1. The Morgan fingerprint density at radius 2 is 1.69 bits per heavy atom. The largest absolute Gasteiger partial charge is 0.361 e. The predicted octanol–water partition coefficient (Wildman–Crippen LogP) is 4.72. The maximum Gasteiger partial charge on any atom is 0.361 e. The highest BCUT2D eigenvalue weighted by molar-refractivity contribution is 7.62. The quantitative estimate of drug-likeness (QED) is 0.432. The van der Waals surface area contributed by atoms with Crippen LogP contribution in [0, 0.1) is 0 Å². The van der Waals surface area contributed by atoms with Crippen molar-refractivity contribution in [2.45, 2.75) is 13.8 Å². The van der Waals surface area contributed by atoms with Gasteiger partial charge in [0.25, 0.3) is 0 Å². The van der Waals surface area contributed by atoms with E-state index in [0.29, 0.717) is 21.5 Å². The van der Waals surface area contributed by atoms with Crippen LogP contribution in [0.2, 0.25) is 5.02 Å². The van der Waals surface area contributed by atoms with E-state index in [1.165, 1.54) is 0 Å². The van der Waals surface area contributed by atoms with Gasteiger partial charge in [0, 0.05) is 34.1 Å². The number of carbonyl (C=O) groups excluding carboxylic acids is 1. The lowest BCUT2D eigenvalue weighted by Crippen LogP contribution is -2.11. The second kappa shape index (κ2) is 7.77. The lowest BCUT2D eigenvalue weighted by Gasteiger charge is -2.17. The molecule has 26 heavy (non-hydrogen) atoms. The molecule has 5 nitrogen and oxygen atoms in total. The van der Waals surface area contributed by atoms with Gasteiger partial charge in [-0.05, 0) is 56.3 Å². The van der Waals surface area contributed by atoms with E-state index < -0.39 is 7.60 Å². The molecule has 0 N–H and O–H groups in total. The Labute approximate surface area is 157 Å². The van der Waals surface area contributed by atoms with Crippen molar-refractivity contribution in [3.8, 4) is 0 Å². The molecule has 0 radical (unpaired) electrons. The minimum Gasteiger partial charge on any atom is -0.323 e. The molecule has 0 amide bonds. The molecular formula is C19H19ClNO4P. The first-order chi connectivity index (χ1) is 12.5. The smallest absolute Gasteiger partial charge is 0.323 e. The van der Waals surface area contributed by atoms with Crippen LogP contribution in [0.4, 0.5) is 0 Å². The highest BCUT2D eigenvalue weighted by atomic mass is 35.5. The van der Waals surface area contributed by atoms with Gasteiger partial charge in [-0.15, -0.1) is 0 Å². The van der Waals surface area contributed by atoms with Crippen LogP contribution < -0.4 is 5.30 Å². The third-order valence-electron chi connectivity index (χ3n) is 3.86. The SMILES string of the molecule is CCOP(=O)(OCC)c1ccn2cc(C(=O)c3ccc(Cl)cc3)cc2c1. The summed E-state index contributed by atoms with van der Waals surface area (Å²) in [6, 6.07) is 11.9. The van der Waals surface area contributed by atoms with Crippen LogP contribution in [0.3, 0.4) is 0 Å². The molecule has 2 heterocycles. The number of halogens is 1. The highest BCUT2D eigenvalue weighted by Crippen LogP contribution is 2.46. The summed E-state index contributed by atoms with van der Waals surface area (Å²) in [4.78, 5) is 12.7. The van der Waals surface area contributed by atoms with Gasteiger partial charge in [0.15, 0.2) is 5.78 Å². The van der Waals surface area contributed by atoms with E-state index in [9.17, 15) is 9.36 Å². The van der Waals surface area contributed by atoms with Gasteiger partial charge in [-0.1, -0.05) is 11.6 Å². The number of hydrogen-bond donors (Lipinski definition) is 0. The summed E-state index contributed by atoms with van der Waals surface area (Å²) in [6.07, 6.45) is 3.48. The Bertz CT molecular complexity index is 971. The number of pyridine rings is 1. The Morgan fingerprint density at radius 1 is 1.04 bits per heavy atom. The third-order valence-corrected chi connectivity index (χ3v) is 6.22. The minimum atomic E-state index is -3.37. The molecule has 3 rings (SSSR count). The molecule has 7 heteroatoms. The van der Waals surface area contributed by atoms with E-state index in [0.717, 1.165) is 5.52 Å². The summed E-state index contributed by atoms with van der Waals surface area (Å²) >= 11 is 5.87. The zero-order valence-corrected chi connectivity index (χ0v) is 16.2. The van der Waals surface area contributed by atoms with Crippen LogP contribution in [0.5, 0.6) is 0 Å². The van der Waals surface area contributed by atoms with Gasteiger partial charge in [-0.2, -0.15) is 0 Å². The van der Waals surface area contributed by atoms with Crippen LogP contribution in [0.1, 0.15) is 29.8 Å². The number of carbonyl (C=O) groups is 1. The number of rotatable bonds is 7. The molecule has 3 aromatic rings. The van der Waals surface area contributed by atoms with Crippen molar-refractivity contribution in [2.75, 3.05) is 13.2 Å². The van der Waals surface area contributed by atoms with E-state index >= 15 is 0 Å². The molecular weight excluding hydrogens is 373 g/mol. The Kier molecular flexibility index (Phi) is 5.64. The van der Waals surface area contributed by atoms with Gasteiger partial charge in [0.1, 0.15) is 0 Å². The van der Waals surface area contributed by atoms with Crippen molar-refractivity contribution < 1.29 is 18.4 Å². The first-order valence-electron chi connectivity index (χ1n) is 8.28. The van der Waals surface area contributed by atoms with Crippen molar-refractivity contribution in [2.24, 2.45) is 0 Å². The second-order valence-corrected chi connectivity index (χ2v) is 8.08. The Balaban J connectivity index is 1.98. The molecule has 0 saturated heterocycles. The van der Waals surface area contributed by atoms with E-state index in [-0.39, 0.29) is 19.0 Å². The van der Waals surface area contributed by atoms with Crippen molar-refractivity contribution in [1.29, 1.82) is 0 Å². The average Bonchev–Trinajstić information content (AvgIpc) is 3.05. The van der Waals surface area contributed by atoms with Gasteiger partial charge in [-0.3, -0.25) is 9.36 Å². The lowest BCUT2D eigenvalue weighted by atomic mass is 10.1. The molecule has 0 aliphatic rings. The molecule has 1 aromatic carbocycles. The molecule has 0 aliphatic carbocycles. The van der Waals surface area contributed by atoms with E-state index in [4.69, 9.17) is 20.6 Å². The first kappa shape index (κ1) is 18.9. The maximum absolute atomic E-state index is 12.9. The maximum atomic E-state index is 12.9. The second-order valence-electron chi connectivity index (χ2n) is 5.61. The van der Waals surface area contributed by atoms with E-state index in [1.807, 2.05) is 0 Å². The van der Waals surface area contributed by atoms with E-state index in [2.05, 4.69) is 0 Å². The zero-order valence-electron chi connectivity index (χ0n) is 14.5. The number of fused-ring (bicyclic) bond motifs is 1. The topological polar surface area (TPSA) is 57.0 Å². The Morgan fingerprint density at radius 3 is 2.31 bits per heavy atom. The minimum absolute atomic E-state index is 0.107. The van der Waals surface area contributed by atoms with Crippen LogP contribution >= 0.6 is 19.2 Å².